The maximum absolute atomic E-state index is 12.6. The highest BCUT2D eigenvalue weighted by Gasteiger charge is 2.35. The normalized spacial score (nSPS) is 17.4. The van der Waals surface area contributed by atoms with Gasteiger partial charge in [0.25, 0.3) is 0 Å². The number of halogens is 1. The van der Waals surface area contributed by atoms with E-state index in [0.717, 1.165) is 30.2 Å². The van der Waals surface area contributed by atoms with Crippen LogP contribution in [0.4, 0.5) is 5.69 Å². The topological polar surface area (TPSA) is 55.4 Å². The van der Waals surface area contributed by atoms with Crippen molar-refractivity contribution in [2.75, 3.05) is 12.4 Å². The summed E-state index contributed by atoms with van der Waals surface area (Å²) in [5.74, 6) is -1.35. The van der Waals surface area contributed by atoms with Crippen LogP contribution in [-0.4, -0.2) is 19.0 Å². The van der Waals surface area contributed by atoms with E-state index in [1.165, 1.54) is 20.0 Å². The first-order chi connectivity index (χ1) is 10.6. The summed E-state index contributed by atoms with van der Waals surface area (Å²) in [5, 5.41) is 2.85. The molecule has 4 nitrogen and oxygen atoms in total. The minimum atomic E-state index is -0.720. The Kier molecular flexibility index (Phi) is 6.43. The fourth-order valence-electron chi connectivity index (χ4n) is 3.07. The van der Waals surface area contributed by atoms with Gasteiger partial charge in [-0.25, -0.2) is 0 Å². The van der Waals surface area contributed by atoms with E-state index in [-0.39, 0.29) is 11.8 Å². The Labute approximate surface area is 139 Å². The molecule has 0 spiro atoms. The number of hydrogen-bond donors (Lipinski definition) is 1. The molecule has 0 heterocycles. The fourth-order valence-corrected chi connectivity index (χ4v) is 3.47. The predicted octanol–water partition coefficient (Wildman–Crippen LogP) is 4.15. The zero-order valence-electron chi connectivity index (χ0n) is 12.8. The molecule has 0 aromatic heterocycles. The van der Waals surface area contributed by atoms with Gasteiger partial charge in [-0.2, -0.15) is 0 Å². The molecule has 0 bridgehead atoms. The number of esters is 1. The van der Waals surface area contributed by atoms with Gasteiger partial charge in [0.1, 0.15) is 5.92 Å². The van der Waals surface area contributed by atoms with Crippen molar-refractivity contribution < 1.29 is 14.3 Å². The molecule has 5 heteroatoms. The maximum atomic E-state index is 12.6. The van der Waals surface area contributed by atoms with Crippen LogP contribution in [0.5, 0.6) is 0 Å². The van der Waals surface area contributed by atoms with Gasteiger partial charge in [-0.05, 0) is 37.0 Å². The van der Waals surface area contributed by atoms with Gasteiger partial charge in [0.05, 0.1) is 7.11 Å². The monoisotopic (exact) mass is 367 g/mol. The molecule has 1 fully saturated rings. The zero-order valence-corrected chi connectivity index (χ0v) is 14.4. The molecule has 1 aliphatic rings. The summed E-state index contributed by atoms with van der Waals surface area (Å²) in [4.78, 5) is 24.7. The summed E-state index contributed by atoms with van der Waals surface area (Å²) in [6, 6.07) is 7.36. The van der Waals surface area contributed by atoms with Crippen molar-refractivity contribution in [3.8, 4) is 0 Å². The molecule has 0 saturated heterocycles. The standard InChI is InChI=1S/C17H22BrNO3/c1-22-17(21)15(12-7-4-2-3-5-8-12)16(20)19-14-10-6-9-13(18)11-14/h6,9-12,15H,2-5,7-8H2,1H3,(H,19,20). The Morgan fingerprint density at radius 2 is 1.91 bits per heavy atom. The van der Waals surface area contributed by atoms with Gasteiger partial charge >= 0.3 is 5.97 Å². The van der Waals surface area contributed by atoms with Gasteiger partial charge < -0.3 is 10.1 Å². The molecule has 1 aromatic rings. The van der Waals surface area contributed by atoms with Gasteiger partial charge in [0.15, 0.2) is 0 Å². The van der Waals surface area contributed by atoms with Crippen LogP contribution in [-0.2, 0) is 14.3 Å². The molecule has 120 valence electrons. The minimum Gasteiger partial charge on any atom is -0.468 e. The fraction of sp³-hybridized carbons (Fsp3) is 0.529. The smallest absolute Gasteiger partial charge is 0.318 e. The van der Waals surface area contributed by atoms with Crippen molar-refractivity contribution in [3.05, 3.63) is 28.7 Å². The molecule has 1 N–H and O–H groups in total. The summed E-state index contributed by atoms with van der Waals surface area (Å²) in [6.45, 7) is 0. The number of ether oxygens (including phenoxy) is 1. The second kappa shape index (κ2) is 8.32. The third-order valence-electron chi connectivity index (χ3n) is 4.20. The van der Waals surface area contributed by atoms with Crippen molar-refractivity contribution in [1.82, 2.24) is 0 Å². The van der Waals surface area contributed by atoms with Crippen molar-refractivity contribution in [3.63, 3.8) is 0 Å². The molecule has 1 aliphatic carbocycles. The number of carbonyl (C=O) groups excluding carboxylic acids is 2. The lowest BCUT2D eigenvalue weighted by Crippen LogP contribution is -2.36. The van der Waals surface area contributed by atoms with E-state index in [1.54, 1.807) is 0 Å². The average Bonchev–Trinajstić information content (AvgIpc) is 2.76. The van der Waals surface area contributed by atoms with Crippen molar-refractivity contribution in [2.45, 2.75) is 38.5 Å². The number of anilines is 1. The van der Waals surface area contributed by atoms with E-state index in [1.807, 2.05) is 24.3 Å². The summed E-state index contributed by atoms with van der Waals surface area (Å²) >= 11 is 3.38. The number of rotatable bonds is 4. The highest BCUT2D eigenvalue weighted by Crippen LogP contribution is 2.31. The second-order valence-electron chi connectivity index (χ2n) is 5.75. The van der Waals surface area contributed by atoms with E-state index in [4.69, 9.17) is 4.74 Å². The Balaban J connectivity index is 2.13. The van der Waals surface area contributed by atoms with Gasteiger partial charge in [0, 0.05) is 10.2 Å². The number of methoxy groups -OCH3 is 1. The van der Waals surface area contributed by atoms with E-state index in [2.05, 4.69) is 21.2 Å². The lowest BCUT2D eigenvalue weighted by atomic mass is 9.85. The lowest BCUT2D eigenvalue weighted by Gasteiger charge is -2.23. The molecular formula is C17H22BrNO3. The highest BCUT2D eigenvalue weighted by molar-refractivity contribution is 9.10. The number of benzene rings is 1. The summed E-state index contributed by atoms with van der Waals surface area (Å²) < 4.78 is 5.76. The summed E-state index contributed by atoms with van der Waals surface area (Å²) in [5.41, 5.74) is 0.682. The molecule has 22 heavy (non-hydrogen) atoms. The van der Waals surface area contributed by atoms with E-state index in [9.17, 15) is 9.59 Å². The number of hydrogen-bond acceptors (Lipinski definition) is 3. The first-order valence-corrected chi connectivity index (χ1v) is 8.55. The van der Waals surface area contributed by atoms with Crippen LogP contribution in [0.15, 0.2) is 28.7 Å². The van der Waals surface area contributed by atoms with E-state index < -0.39 is 11.9 Å². The molecule has 1 atom stereocenters. The van der Waals surface area contributed by atoms with Gasteiger partial charge in [-0.15, -0.1) is 0 Å². The van der Waals surface area contributed by atoms with Crippen LogP contribution in [0.1, 0.15) is 38.5 Å². The quantitative estimate of drug-likeness (QED) is 0.494. The van der Waals surface area contributed by atoms with Crippen LogP contribution in [0.2, 0.25) is 0 Å². The Bertz CT molecular complexity index is 524. The van der Waals surface area contributed by atoms with Crippen LogP contribution in [0.3, 0.4) is 0 Å². The number of nitrogens with one attached hydrogen (secondary N) is 1. The Morgan fingerprint density at radius 1 is 1.23 bits per heavy atom. The highest BCUT2D eigenvalue weighted by atomic mass is 79.9. The molecule has 1 saturated carbocycles. The molecule has 0 aliphatic heterocycles. The van der Waals surface area contributed by atoms with Crippen molar-refractivity contribution in [2.24, 2.45) is 11.8 Å². The third kappa shape index (κ3) is 4.57. The van der Waals surface area contributed by atoms with E-state index in [0.29, 0.717) is 5.69 Å². The summed E-state index contributed by atoms with van der Waals surface area (Å²) in [6.07, 6.45) is 6.32. The average molecular weight is 368 g/mol. The van der Waals surface area contributed by atoms with Crippen LogP contribution < -0.4 is 5.32 Å². The maximum Gasteiger partial charge on any atom is 0.318 e. The minimum absolute atomic E-state index is 0.0714. The molecule has 1 unspecified atom stereocenters. The first-order valence-electron chi connectivity index (χ1n) is 7.76. The zero-order chi connectivity index (χ0) is 15.9. The summed E-state index contributed by atoms with van der Waals surface area (Å²) in [7, 11) is 1.35. The SMILES string of the molecule is COC(=O)C(C(=O)Nc1cccc(Br)c1)C1CCCCCC1. The largest absolute Gasteiger partial charge is 0.468 e. The molecule has 1 aromatic carbocycles. The molecular weight excluding hydrogens is 346 g/mol. The predicted molar refractivity (Wildman–Crippen MR) is 89.5 cm³/mol. The Hall–Kier alpha value is -1.36. The molecule has 0 radical (unpaired) electrons. The van der Waals surface area contributed by atoms with E-state index >= 15 is 0 Å². The van der Waals surface area contributed by atoms with Crippen LogP contribution in [0, 0.1) is 11.8 Å². The second-order valence-corrected chi connectivity index (χ2v) is 6.67. The number of carbonyl (C=O) groups is 2. The first kappa shape index (κ1) is 17.0. The van der Waals surface area contributed by atoms with Gasteiger partial charge in [-0.1, -0.05) is 47.7 Å². The molecule has 1 amide bonds. The number of amides is 1. The molecule has 2 rings (SSSR count). The van der Waals surface area contributed by atoms with Crippen molar-refractivity contribution in [1.29, 1.82) is 0 Å². The van der Waals surface area contributed by atoms with Crippen LogP contribution >= 0.6 is 15.9 Å². The van der Waals surface area contributed by atoms with Crippen molar-refractivity contribution >= 4 is 33.5 Å². The third-order valence-corrected chi connectivity index (χ3v) is 4.69. The van der Waals surface area contributed by atoms with Crippen LogP contribution in [0.25, 0.3) is 0 Å². The lowest BCUT2D eigenvalue weighted by molar-refractivity contribution is -0.151. The Morgan fingerprint density at radius 3 is 2.50 bits per heavy atom. The van der Waals surface area contributed by atoms with Gasteiger partial charge in [-0.3, -0.25) is 9.59 Å². The van der Waals surface area contributed by atoms with Gasteiger partial charge in [0.2, 0.25) is 5.91 Å².